The summed E-state index contributed by atoms with van der Waals surface area (Å²) in [6.45, 7) is 0. The van der Waals surface area contributed by atoms with Crippen LogP contribution < -0.4 is 4.90 Å². The van der Waals surface area contributed by atoms with Crippen LogP contribution in [0.2, 0.25) is 0 Å². The summed E-state index contributed by atoms with van der Waals surface area (Å²) in [5.41, 5.74) is 2.63. The Morgan fingerprint density at radius 2 is 1.88 bits per heavy atom. The zero-order valence-electron chi connectivity index (χ0n) is 8.55. The summed E-state index contributed by atoms with van der Waals surface area (Å²) in [4.78, 5) is 2.26. The Labute approximate surface area is 98.1 Å². The molecule has 0 unspecified atom stereocenters. The van der Waals surface area contributed by atoms with E-state index in [1.807, 2.05) is 0 Å². The normalized spacial score (nSPS) is 16.5. The van der Waals surface area contributed by atoms with Gasteiger partial charge in [-0.25, -0.2) is 0 Å². The van der Waals surface area contributed by atoms with Crippen molar-refractivity contribution in [1.29, 1.82) is 0 Å². The van der Waals surface area contributed by atoms with Gasteiger partial charge in [0.2, 0.25) is 0 Å². The van der Waals surface area contributed by atoms with Gasteiger partial charge in [0, 0.05) is 11.6 Å². The molecule has 2 heterocycles. The number of benzene rings is 2. The summed E-state index contributed by atoms with van der Waals surface area (Å²) in [5.74, 6) is 0. The molecule has 2 aromatic carbocycles. The molecule has 4 rings (SSSR count). The molecular weight excluding hydrogens is 214 g/mol. The van der Waals surface area contributed by atoms with E-state index >= 15 is 0 Å². The van der Waals surface area contributed by atoms with Crippen molar-refractivity contribution in [3.05, 3.63) is 58.6 Å². The molecule has 0 saturated heterocycles. The highest BCUT2D eigenvalue weighted by molar-refractivity contribution is 8.06. The van der Waals surface area contributed by atoms with Crippen LogP contribution in [-0.2, 0) is 0 Å². The van der Waals surface area contributed by atoms with Crippen LogP contribution in [0, 0.1) is 0 Å². The molecule has 0 saturated carbocycles. The highest BCUT2D eigenvalue weighted by Gasteiger charge is 2.21. The Bertz CT molecular complexity index is 650. The van der Waals surface area contributed by atoms with Crippen LogP contribution in [0.4, 0.5) is 5.69 Å². The number of hydrogen-bond acceptors (Lipinski definition) is 2. The Kier molecular flexibility index (Phi) is 1.55. The third-order valence-electron chi connectivity index (χ3n) is 3.09. The predicted molar refractivity (Wildman–Crippen MR) is 71.1 cm³/mol. The van der Waals surface area contributed by atoms with Gasteiger partial charge in [0.05, 0.1) is 10.7 Å². The average molecular weight is 223 g/mol. The third-order valence-corrected chi connectivity index (χ3v) is 3.90. The van der Waals surface area contributed by atoms with Gasteiger partial charge in [-0.05, 0) is 28.5 Å². The molecule has 0 atom stereocenters. The second-order valence-electron chi connectivity index (χ2n) is 3.98. The van der Waals surface area contributed by atoms with E-state index in [1.54, 1.807) is 11.8 Å². The lowest BCUT2D eigenvalue weighted by atomic mass is 10.00. The molecule has 0 spiro atoms. The van der Waals surface area contributed by atoms with Crippen LogP contribution in [0.25, 0.3) is 16.8 Å². The number of anilines is 1. The van der Waals surface area contributed by atoms with Gasteiger partial charge in [-0.1, -0.05) is 42.1 Å². The predicted octanol–water partition coefficient (Wildman–Crippen LogP) is 4.18. The van der Waals surface area contributed by atoms with Gasteiger partial charge in [0.15, 0.2) is 0 Å². The minimum absolute atomic E-state index is 1.30. The van der Waals surface area contributed by atoms with Gasteiger partial charge >= 0.3 is 0 Å². The molecule has 0 radical (unpaired) electrons. The lowest BCUT2D eigenvalue weighted by Crippen LogP contribution is -2.12. The fraction of sp³-hybridized carbons (Fsp3) is 0. The maximum absolute atomic E-state index is 2.26. The van der Waals surface area contributed by atoms with Crippen LogP contribution in [0.1, 0.15) is 5.56 Å². The summed E-state index contributed by atoms with van der Waals surface area (Å²) in [6, 6.07) is 13.0. The Morgan fingerprint density at radius 1 is 1.00 bits per heavy atom. The highest BCUT2D eigenvalue weighted by Crippen LogP contribution is 2.43. The lowest BCUT2D eigenvalue weighted by Gasteiger charge is -2.24. The Hall–Kier alpha value is -1.67. The molecular formula is C14H9NS. The van der Waals surface area contributed by atoms with Gasteiger partial charge in [-0.15, -0.1) is 0 Å². The maximum atomic E-state index is 2.26. The summed E-state index contributed by atoms with van der Waals surface area (Å²) in [5, 5.41) is 6.11. The molecule has 0 aromatic heterocycles. The van der Waals surface area contributed by atoms with E-state index in [-0.39, 0.29) is 0 Å². The fourth-order valence-corrected chi connectivity index (χ4v) is 3.19. The van der Waals surface area contributed by atoms with Gasteiger partial charge in [0.25, 0.3) is 0 Å². The zero-order chi connectivity index (χ0) is 10.5. The van der Waals surface area contributed by atoms with E-state index in [9.17, 15) is 0 Å². The van der Waals surface area contributed by atoms with Gasteiger partial charge in [0.1, 0.15) is 0 Å². The van der Waals surface area contributed by atoms with E-state index in [0.717, 1.165) is 0 Å². The zero-order valence-corrected chi connectivity index (χ0v) is 9.37. The largest absolute Gasteiger partial charge is 0.310 e. The molecule has 2 aliphatic rings. The van der Waals surface area contributed by atoms with Crippen molar-refractivity contribution >= 4 is 34.3 Å². The van der Waals surface area contributed by atoms with Crippen molar-refractivity contribution in [2.45, 2.75) is 0 Å². The number of fused-ring (bicyclic) bond motifs is 2. The minimum atomic E-state index is 1.30. The first kappa shape index (κ1) is 8.48. The van der Waals surface area contributed by atoms with Crippen LogP contribution in [0.3, 0.4) is 0 Å². The molecule has 2 aliphatic heterocycles. The first-order chi connectivity index (χ1) is 7.93. The molecule has 76 valence electrons. The van der Waals surface area contributed by atoms with Crippen LogP contribution in [-0.4, -0.2) is 0 Å². The molecule has 2 heteroatoms. The smallest absolute Gasteiger partial charge is 0.0843 e. The summed E-state index contributed by atoms with van der Waals surface area (Å²) < 4.78 is 0. The van der Waals surface area contributed by atoms with E-state index < -0.39 is 0 Å². The van der Waals surface area contributed by atoms with Crippen LogP contribution >= 0.6 is 11.8 Å². The Balaban J connectivity index is 2.19. The lowest BCUT2D eigenvalue weighted by molar-refractivity contribution is 1.29. The summed E-state index contributed by atoms with van der Waals surface area (Å²) in [6.07, 6.45) is 4.40. The molecule has 0 bridgehead atoms. The summed E-state index contributed by atoms with van der Waals surface area (Å²) >= 11 is 1.78. The maximum Gasteiger partial charge on any atom is 0.0843 e. The van der Waals surface area contributed by atoms with Crippen molar-refractivity contribution in [2.24, 2.45) is 0 Å². The van der Waals surface area contributed by atoms with Crippen molar-refractivity contribution in [1.82, 2.24) is 0 Å². The molecule has 16 heavy (non-hydrogen) atoms. The number of rotatable bonds is 0. The summed E-state index contributed by atoms with van der Waals surface area (Å²) in [7, 11) is 0. The van der Waals surface area contributed by atoms with Gasteiger partial charge in [-0.2, -0.15) is 0 Å². The topological polar surface area (TPSA) is 3.24 Å². The second-order valence-corrected chi connectivity index (χ2v) is 4.90. The van der Waals surface area contributed by atoms with Crippen molar-refractivity contribution in [3.8, 4) is 0 Å². The molecule has 0 fully saturated rings. The number of nitrogens with zero attached hydrogens (tertiary/aromatic N) is 1. The molecule has 0 N–H and O–H groups in total. The number of thioether (sulfide) groups is 1. The highest BCUT2D eigenvalue weighted by atomic mass is 32.2. The minimum Gasteiger partial charge on any atom is -0.310 e. The molecule has 1 nitrogen and oxygen atoms in total. The first-order valence-corrected chi connectivity index (χ1v) is 6.17. The monoisotopic (exact) mass is 223 g/mol. The number of hydrogen-bond donors (Lipinski definition) is 0. The molecule has 0 amide bonds. The third kappa shape index (κ3) is 0.973. The van der Waals surface area contributed by atoms with Crippen LogP contribution in [0.15, 0.2) is 53.0 Å². The van der Waals surface area contributed by atoms with Gasteiger partial charge < -0.3 is 4.90 Å². The fourth-order valence-electron chi connectivity index (χ4n) is 2.40. The second kappa shape index (κ2) is 2.92. The molecule has 0 aliphatic carbocycles. The van der Waals surface area contributed by atoms with E-state index in [0.29, 0.717) is 0 Å². The Morgan fingerprint density at radius 3 is 2.81 bits per heavy atom. The standard InChI is InChI=1S/C14H9NS/c1-3-10-4-2-6-12-14(10)11(5-1)9-13-15(12)7-8-16-13/h1-9H. The van der Waals surface area contributed by atoms with Crippen molar-refractivity contribution in [2.75, 3.05) is 4.90 Å². The van der Waals surface area contributed by atoms with Crippen molar-refractivity contribution < 1.29 is 0 Å². The van der Waals surface area contributed by atoms with Crippen LogP contribution in [0.5, 0.6) is 0 Å². The van der Waals surface area contributed by atoms with E-state index in [2.05, 4.69) is 59.0 Å². The van der Waals surface area contributed by atoms with Gasteiger partial charge in [-0.3, -0.25) is 0 Å². The van der Waals surface area contributed by atoms with E-state index in [4.69, 9.17) is 0 Å². The quantitative estimate of drug-likeness (QED) is 0.659. The molecule has 2 aromatic rings. The average Bonchev–Trinajstić information content (AvgIpc) is 2.78. The van der Waals surface area contributed by atoms with Crippen molar-refractivity contribution in [3.63, 3.8) is 0 Å². The SMILES string of the molecule is C1=CN2C(=Cc3cccc4cccc2c34)S1. The first-order valence-electron chi connectivity index (χ1n) is 5.29. The van der Waals surface area contributed by atoms with E-state index in [1.165, 1.54) is 27.1 Å².